The third-order valence-electron chi connectivity index (χ3n) is 4.20. The molecule has 1 aliphatic heterocycles. The van der Waals surface area contributed by atoms with Crippen molar-refractivity contribution in [3.05, 3.63) is 48.0 Å². The highest BCUT2D eigenvalue weighted by molar-refractivity contribution is 5.73. The first kappa shape index (κ1) is 16.4. The molecule has 1 aliphatic rings. The highest BCUT2D eigenvalue weighted by Gasteiger charge is 2.11. The molecule has 0 spiro atoms. The molecule has 6 heteroatoms. The second-order valence-electron chi connectivity index (χ2n) is 6.04. The molecule has 24 heavy (non-hydrogen) atoms. The van der Waals surface area contributed by atoms with Crippen LogP contribution in [0.1, 0.15) is 37.0 Å². The maximum atomic E-state index is 11.8. The second-order valence-corrected chi connectivity index (χ2v) is 6.04. The average Bonchev–Trinajstić information content (AvgIpc) is 2.99. The molecule has 0 saturated carbocycles. The van der Waals surface area contributed by atoms with E-state index in [1.807, 2.05) is 24.4 Å². The Hall–Kier alpha value is -2.50. The Bertz CT molecular complexity index is 617. The van der Waals surface area contributed by atoms with Gasteiger partial charge in [0.15, 0.2) is 0 Å². The summed E-state index contributed by atoms with van der Waals surface area (Å²) < 4.78 is 5.17. The molecule has 3 rings (SSSR count). The number of nitrogens with one attached hydrogen (secondary N) is 2. The molecule has 0 aliphatic carbocycles. The Morgan fingerprint density at radius 1 is 1.08 bits per heavy atom. The van der Waals surface area contributed by atoms with Gasteiger partial charge in [-0.3, -0.25) is 0 Å². The number of aromatic nitrogens is 1. The zero-order valence-corrected chi connectivity index (χ0v) is 13.8. The number of carbonyl (C=O) groups excluding carboxylic acids is 1. The number of hydrogen-bond acceptors (Lipinski definition) is 4. The van der Waals surface area contributed by atoms with E-state index in [1.165, 1.54) is 25.7 Å². The van der Waals surface area contributed by atoms with Gasteiger partial charge in [0.1, 0.15) is 11.6 Å². The first-order valence-corrected chi connectivity index (χ1v) is 8.55. The minimum atomic E-state index is -0.219. The van der Waals surface area contributed by atoms with E-state index in [0.29, 0.717) is 13.1 Å². The molecule has 2 amide bonds. The van der Waals surface area contributed by atoms with Gasteiger partial charge in [0.25, 0.3) is 0 Å². The molecular formula is C18H24N4O2. The number of nitrogens with zero attached hydrogens (tertiary/aromatic N) is 2. The van der Waals surface area contributed by atoms with Gasteiger partial charge in [0.2, 0.25) is 0 Å². The molecule has 128 valence electrons. The Balaban J connectivity index is 1.44. The van der Waals surface area contributed by atoms with Crippen molar-refractivity contribution in [2.75, 3.05) is 18.0 Å². The Kier molecular flexibility index (Phi) is 5.71. The topological polar surface area (TPSA) is 70.4 Å². The number of urea groups is 1. The summed E-state index contributed by atoms with van der Waals surface area (Å²) in [6.07, 6.45) is 8.53. The lowest BCUT2D eigenvalue weighted by atomic mass is 10.2. The third kappa shape index (κ3) is 4.75. The van der Waals surface area contributed by atoms with Crippen molar-refractivity contribution in [3.63, 3.8) is 0 Å². The number of carbonyl (C=O) groups is 1. The Morgan fingerprint density at radius 3 is 2.54 bits per heavy atom. The van der Waals surface area contributed by atoms with E-state index < -0.39 is 0 Å². The van der Waals surface area contributed by atoms with Crippen LogP contribution in [0.2, 0.25) is 0 Å². The molecule has 1 saturated heterocycles. The fourth-order valence-electron chi connectivity index (χ4n) is 2.83. The maximum absolute atomic E-state index is 11.8. The van der Waals surface area contributed by atoms with Crippen molar-refractivity contribution in [1.82, 2.24) is 15.6 Å². The van der Waals surface area contributed by atoms with Crippen LogP contribution in [0.3, 0.4) is 0 Å². The molecule has 6 nitrogen and oxygen atoms in total. The van der Waals surface area contributed by atoms with Gasteiger partial charge in [-0.1, -0.05) is 18.9 Å². The zero-order valence-electron chi connectivity index (χ0n) is 13.8. The summed E-state index contributed by atoms with van der Waals surface area (Å²) in [5, 5.41) is 5.58. The summed E-state index contributed by atoms with van der Waals surface area (Å²) in [5.41, 5.74) is 0.988. The summed E-state index contributed by atoms with van der Waals surface area (Å²) >= 11 is 0. The standard InChI is InChI=1S/C18H24N4O2/c23-18(21-14-16-6-5-11-24-16)20-13-15-7-8-17(19-12-15)22-9-3-1-2-4-10-22/h5-8,11-12H,1-4,9-10,13-14H2,(H2,20,21,23). The van der Waals surface area contributed by atoms with E-state index in [-0.39, 0.29) is 6.03 Å². The Labute approximate surface area is 142 Å². The number of rotatable bonds is 5. The number of pyridine rings is 1. The van der Waals surface area contributed by atoms with Crippen LogP contribution in [0.5, 0.6) is 0 Å². The molecule has 0 radical (unpaired) electrons. The van der Waals surface area contributed by atoms with Crippen molar-refractivity contribution in [1.29, 1.82) is 0 Å². The van der Waals surface area contributed by atoms with Crippen LogP contribution >= 0.6 is 0 Å². The van der Waals surface area contributed by atoms with Crippen LogP contribution in [0, 0.1) is 0 Å². The van der Waals surface area contributed by atoms with E-state index in [0.717, 1.165) is 30.2 Å². The van der Waals surface area contributed by atoms with Crippen LogP contribution < -0.4 is 15.5 Å². The number of hydrogen-bond donors (Lipinski definition) is 2. The van der Waals surface area contributed by atoms with Gasteiger partial charge in [0.05, 0.1) is 12.8 Å². The summed E-state index contributed by atoms with van der Waals surface area (Å²) in [6, 6.07) is 7.48. The van der Waals surface area contributed by atoms with Crippen molar-refractivity contribution in [2.45, 2.75) is 38.8 Å². The first-order chi connectivity index (χ1) is 11.8. The molecule has 3 heterocycles. The van der Waals surface area contributed by atoms with E-state index in [1.54, 1.807) is 12.3 Å². The van der Waals surface area contributed by atoms with Gasteiger partial charge in [-0.25, -0.2) is 9.78 Å². The molecule has 2 aromatic rings. The highest BCUT2D eigenvalue weighted by Crippen LogP contribution is 2.17. The number of anilines is 1. The normalized spacial score (nSPS) is 14.9. The number of furan rings is 1. The van der Waals surface area contributed by atoms with E-state index in [4.69, 9.17) is 4.42 Å². The molecule has 0 unspecified atom stereocenters. The van der Waals surface area contributed by atoms with E-state index >= 15 is 0 Å². The van der Waals surface area contributed by atoms with Crippen molar-refractivity contribution < 1.29 is 9.21 Å². The Morgan fingerprint density at radius 2 is 1.88 bits per heavy atom. The van der Waals surface area contributed by atoms with Crippen LogP contribution in [0.4, 0.5) is 10.6 Å². The minimum Gasteiger partial charge on any atom is -0.467 e. The van der Waals surface area contributed by atoms with Crippen LogP contribution in [0.15, 0.2) is 41.1 Å². The molecule has 0 aromatic carbocycles. The van der Waals surface area contributed by atoms with E-state index in [2.05, 4.69) is 20.5 Å². The maximum Gasteiger partial charge on any atom is 0.315 e. The van der Waals surface area contributed by atoms with Gasteiger partial charge in [0, 0.05) is 25.8 Å². The van der Waals surface area contributed by atoms with Gasteiger partial charge in [-0.05, 0) is 36.6 Å². The lowest BCUT2D eigenvalue weighted by Gasteiger charge is -2.21. The van der Waals surface area contributed by atoms with Crippen LogP contribution in [-0.4, -0.2) is 24.1 Å². The van der Waals surface area contributed by atoms with Gasteiger partial charge >= 0.3 is 6.03 Å². The van der Waals surface area contributed by atoms with Gasteiger partial charge in [-0.2, -0.15) is 0 Å². The number of amides is 2. The van der Waals surface area contributed by atoms with Crippen LogP contribution in [-0.2, 0) is 13.1 Å². The molecule has 2 N–H and O–H groups in total. The van der Waals surface area contributed by atoms with Gasteiger partial charge in [-0.15, -0.1) is 0 Å². The summed E-state index contributed by atoms with van der Waals surface area (Å²) in [5.74, 6) is 1.76. The minimum absolute atomic E-state index is 0.219. The lowest BCUT2D eigenvalue weighted by Crippen LogP contribution is -2.34. The fraction of sp³-hybridized carbons (Fsp3) is 0.444. The quantitative estimate of drug-likeness (QED) is 0.885. The fourth-order valence-corrected chi connectivity index (χ4v) is 2.83. The molecular weight excluding hydrogens is 304 g/mol. The highest BCUT2D eigenvalue weighted by atomic mass is 16.3. The molecule has 0 atom stereocenters. The molecule has 2 aromatic heterocycles. The average molecular weight is 328 g/mol. The first-order valence-electron chi connectivity index (χ1n) is 8.55. The van der Waals surface area contributed by atoms with Gasteiger partial charge < -0.3 is 20.0 Å². The largest absolute Gasteiger partial charge is 0.467 e. The lowest BCUT2D eigenvalue weighted by molar-refractivity contribution is 0.239. The van der Waals surface area contributed by atoms with Crippen molar-refractivity contribution in [3.8, 4) is 0 Å². The molecule has 1 fully saturated rings. The van der Waals surface area contributed by atoms with E-state index in [9.17, 15) is 4.79 Å². The smallest absolute Gasteiger partial charge is 0.315 e. The van der Waals surface area contributed by atoms with Crippen molar-refractivity contribution >= 4 is 11.8 Å². The second kappa shape index (κ2) is 8.38. The predicted molar refractivity (Wildman–Crippen MR) is 92.7 cm³/mol. The van der Waals surface area contributed by atoms with Crippen LogP contribution in [0.25, 0.3) is 0 Å². The summed E-state index contributed by atoms with van der Waals surface area (Å²) in [6.45, 7) is 3.00. The SMILES string of the molecule is O=C(NCc1ccc(N2CCCCCC2)nc1)NCc1ccco1. The molecule has 0 bridgehead atoms. The monoisotopic (exact) mass is 328 g/mol. The summed E-state index contributed by atoms with van der Waals surface area (Å²) in [4.78, 5) is 18.7. The third-order valence-corrected chi connectivity index (χ3v) is 4.20. The summed E-state index contributed by atoms with van der Waals surface area (Å²) in [7, 11) is 0. The van der Waals surface area contributed by atoms with Crippen molar-refractivity contribution in [2.24, 2.45) is 0 Å². The predicted octanol–water partition coefficient (Wildman–Crippen LogP) is 3.05. The zero-order chi connectivity index (χ0) is 16.6.